The summed E-state index contributed by atoms with van der Waals surface area (Å²) in [6, 6.07) is 5.44. The molecule has 0 aliphatic carbocycles. The van der Waals surface area contributed by atoms with Crippen LogP contribution in [0.5, 0.6) is 0 Å². The van der Waals surface area contributed by atoms with E-state index in [1.165, 1.54) is 24.8 Å². The smallest absolute Gasteiger partial charge is 0.0372 e. The quantitative estimate of drug-likeness (QED) is 0.869. The Hall–Kier alpha value is -0.930. The molecule has 17 heavy (non-hydrogen) atoms. The first-order chi connectivity index (χ1) is 8.20. The van der Waals surface area contributed by atoms with Crippen molar-refractivity contribution in [3.8, 4) is 0 Å². The zero-order valence-electron chi connectivity index (χ0n) is 10.9. The van der Waals surface area contributed by atoms with Gasteiger partial charge in [0.2, 0.25) is 0 Å². The van der Waals surface area contributed by atoms with Crippen molar-refractivity contribution in [1.29, 1.82) is 0 Å². The highest BCUT2D eigenvalue weighted by Crippen LogP contribution is 2.24. The van der Waals surface area contributed by atoms with Crippen LogP contribution < -0.4 is 5.73 Å². The van der Waals surface area contributed by atoms with Gasteiger partial charge in [-0.15, -0.1) is 0 Å². The summed E-state index contributed by atoms with van der Waals surface area (Å²) >= 11 is 0. The van der Waals surface area contributed by atoms with Gasteiger partial charge in [-0.1, -0.05) is 12.5 Å². The fourth-order valence-electron chi connectivity index (χ4n) is 2.68. The first-order valence-corrected chi connectivity index (χ1v) is 6.58. The molecule has 0 saturated carbocycles. The third-order valence-electron chi connectivity index (χ3n) is 3.80. The van der Waals surface area contributed by atoms with Gasteiger partial charge in [-0.2, -0.15) is 0 Å². The normalized spacial score (nSPS) is 26.1. The van der Waals surface area contributed by atoms with Gasteiger partial charge in [-0.25, -0.2) is 0 Å². The lowest BCUT2D eigenvalue weighted by Crippen LogP contribution is -2.48. The van der Waals surface area contributed by atoms with Crippen LogP contribution in [-0.2, 0) is 6.54 Å². The highest BCUT2D eigenvalue weighted by molar-refractivity contribution is 5.13. The molecule has 1 aliphatic heterocycles. The molecule has 0 bridgehead atoms. The van der Waals surface area contributed by atoms with Gasteiger partial charge in [-0.3, -0.25) is 9.88 Å². The minimum Gasteiger partial charge on any atom is -0.329 e. The maximum absolute atomic E-state index is 5.88. The Balaban J connectivity index is 2.06. The predicted molar refractivity (Wildman–Crippen MR) is 70.7 cm³/mol. The van der Waals surface area contributed by atoms with Crippen molar-refractivity contribution in [2.24, 2.45) is 5.73 Å². The van der Waals surface area contributed by atoms with E-state index in [0.29, 0.717) is 12.1 Å². The maximum Gasteiger partial charge on any atom is 0.0372 e. The molecule has 3 heteroatoms. The number of nitrogens with zero attached hydrogens (tertiary/aromatic N) is 2. The zero-order chi connectivity index (χ0) is 12.3. The summed E-state index contributed by atoms with van der Waals surface area (Å²) in [6.45, 7) is 6.08. The SMILES string of the molecule is Cc1ccc(CN2C(C)CCCC2CN)cn1. The van der Waals surface area contributed by atoms with E-state index < -0.39 is 0 Å². The van der Waals surface area contributed by atoms with Gasteiger partial charge in [-0.05, 0) is 38.3 Å². The van der Waals surface area contributed by atoms with Crippen LogP contribution in [-0.4, -0.2) is 28.5 Å². The van der Waals surface area contributed by atoms with E-state index >= 15 is 0 Å². The molecule has 94 valence electrons. The number of rotatable bonds is 3. The molecular weight excluding hydrogens is 210 g/mol. The Bertz CT molecular complexity index is 347. The first-order valence-electron chi connectivity index (χ1n) is 6.58. The summed E-state index contributed by atoms with van der Waals surface area (Å²) < 4.78 is 0. The molecule has 0 radical (unpaired) electrons. The second-order valence-corrected chi connectivity index (χ2v) is 5.15. The van der Waals surface area contributed by atoms with Crippen LogP contribution in [0, 0.1) is 6.92 Å². The predicted octanol–water partition coefficient (Wildman–Crippen LogP) is 2.09. The lowest BCUT2D eigenvalue weighted by molar-refractivity contribution is 0.0891. The summed E-state index contributed by atoms with van der Waals surface area (Å²) in [5.41, 5.74) is 8.25. The van der Waals surface area contributed by atoms with Crippen LogP contribution >= 0.6 is 0 Å². The van der Waals surface area contributed by atoms with Crippen molar-refractivity contribution >= 4 is 0 Å². The zero-order valence-corrected chi connectivity index (χ0v) is 10.9. The fourth-order valence-corrected chi connectivity index (χ4v) is 2.68. The average molecular weight is 233 g/mol. The Kier molecular flexibility index (Phi) is 4.13. The third kappa shape index (κ3) is 3.05. The average Bonchev–Trinajstić information content (AvgIpc) is 2.34. The number of pyridine rings is 1. The van der Waals surface area contributed by atoms with Gasteiger partial charge >= 0.3 is 0 Å². The second kappa shape index (κ2) is 5.61. The van der Waals surface area contributed by atoms with Crippen molar-refractivity contribution in [3.05, 3.63) is 29.6 Å². The molecule has 2 atom stereocenters. The van der Waals surface area contributed by atoms with Crippen molar-refractivity contribution in [3.63, 3.8) is 0 Å². The lowest BCUT2D eigenvalue weighted by atomic mass is 9.96. The van der Waals surface area contributed by atoms with E-state index in [4.69, 9.17) is 5.73 Å². The molecule has 2 heterocycles. The molecule has 1 aliphatic rings. The molecule has 3 nitrogen and oxygen atoms in total. The Morgan fingerprint density at radius 2 is 2.24 bits per heavy atom. The maximum atomic E-state index is 5.88. The van der Waals surface area contributed by atoms with Crippen LogP contribution in [0.1, 0.15) is 37.4 Å². The fraction of sp³-hybridized carbons (Fsp3) is 0.643. The second-order valence-electron chi connectivity index (χ2n) is 5.15. The van der Waals surface area contributed by atoms with Gasteiger partial charge in [0.15, 0.2) is 0 Å². The van der Waals surface area contributed by atoms with E-state index in [0.717, 1.165) is 18.8 Å². The molecule has 2 unspecified atom stereocenters. The molecule has 0 spiro atoms. The van der Waals surface area contributed by atoms with E-state index in [-0.39, 0.29) is 0 Å². The Labute approximate surface area is 104 Å². The van der Waals surface area contributed by atoms with Gasteiger partial charge < -0.3 is 5.73 Å². The largest absolute Gasteiger partial charge is 0.329 e. The van der Waals surface area contributed by atoms with Gasteiger partial charge in [0, 0.05) is 37.1 Å². The first kappa shape index (κ1) is 12.5. The monoisotopic (exact) mass is 233 g/mol. The molecule has 0 amide bonds. The molecule has 1 aromatic heterocycles. The number of nitrogens with two attached hydrogens (primary N) is 1. The van der Waals surface area contributed by atoms with Crippen molar-refractivity contribution in [2.75, 3.05) is 6.54 Å². The number of piperidine rings is 1. The van der Waals surface area contributed by atoms with Crippen LogP contribution in [0.4, 0.5) is 0 Å². The van der Waals surface area contributed by atoms with Gasteiger partial charge in [0.1, 0.15) is 0 Å². The van der Waals surface area contributed by atoms with Crippen molar-refractivity contribution in [1.82, 2.24) is 9.88 Å². The molecule has 1 aromatic rings. The van der Waals surface area contributed by atoms with Crippen LogP contribution in [0.15, 0.2) is 18.3 Å². The van der Waals surface area contributed by atoms with Gasteiger partial charge in [0.05, 0.1) is 0 Å². The third-order valence-corrected chi connectivity index (χ3v) is 3.80. The number of likely N-dealkylation sites (tertiary alicyclic amines) is 1. The summed E-state index contributed by atoms with van der Waals surface area (Å²) in [6.07, 6.45) is 5.83. The highest BCUT2D eigenvalue weighted by Gasteiger charge is 2.26. The minimum absolute atomic E-state index is 0.542. The molecule has 2 N–H and O–H groups in total. The van der Waals surface area contributed by atoms with E-state index in [2.05, 4.69) is 28.9 Å². The standard InChI is InChI=1S/C14H23N3/c1-11-6-7-13(9-16-11)10-17-12(2)4-3-5-14(17)8-15/h6-7,9,12,14H,3-5,8,10,15H2,1-2H3. The number of aryl methyl sites for hydroxylation is 1. The molecule has 2 rings (SSSR count). The minimum atomic E-state index is 0.542. The molecule has 1 saturated heterocycles. The number of hydrogen-bond acceptors (Lipinski definition) is 3. The Morgan fingerprint density at radius 1 is 1.41 bits per heavy atom. The lowest BCUT2D eigenvalue weighted by Gasteiger charge is -2.40. The van der Waals surface area contributed by atoms with E-state index in [1.807, 2.05) is 13.1 Å². The van der Waals surface area contributed by atoms with E-state index in [1.54, 1.807) is 0 Å². The Morgan fingerprint density at radius 3 is 2.88 bits per heavy atom. The summed E-state index contributed by atoms with van der Waals surface area (Å²) in [4.78, 5) is 6.90. The molecule has 1 fully saturated rings. The van der Waals surface area contributed by atoms with Crippen LogP contribution in [0.2, 0.25) is 0 Å². The molecule has 0 aromatic carbocycles. The van der Waals surface area contributed by atoms with Gasteiger partial charge in [0.25, 0.3) is 0 Å². The number of aromatic nitrogens is 1. The number of hydrogen-bond donors (Lipinski definition) is 1. The van der Waals surface area contributed by atoms with Crippen molar-refractivity contribution in [2.45, 2.75) is 51.7 Å². The summed E-state index contributed by atoms with van der Waals surface area (Å²) in [5, 5.41) is 0. The summed E-state index contributed by atoms with van der Waals surface area (Å²) in [5.74, 6) is 0. The topological polar surface area (TPSA) is 42.1 Å². The summed E-state index contributed by atoms with van der Waals surface area (Å²) in [7, 11) is 0. The van der Waals surface area contributed by atoms with Crippen molar-refractivity contribution < 1.29 is 0 Å². The van der Waals surface area contributed by atoms with E-state index in [9.17, 15) is 0 Å². The van der Waals surface area contributed by atoms with Crippen LogP contribution in [0.25, 0.3) is 0 Å². The highest BCUT2D eigenvalue weighted by atomic mass is 15.2. The van der Waals surface area contributed by atoms with Crippen LogP contribution in [0.3, 0.4) is 0 Å². The molecular formula is C14H23N3.